The Balaban J connectivity index is 1.93. The van der Waals surface area contributed by atoms with Crippen molar-refractivity contribution >= 4 is 11.7 Å². The Morgan fingerprint density at radius 1 is 1.29 bits per heavy atom. The van der Waals surface area contributed by atoms with E-state index < -0.39 is 5.97 Å². The van der Waals surface area contributed by atoms with Gasteiger partial charge in [-0.25, -0.2) is 4.79 Å². The number of carbonyl (C=O) groups excluding carboxylic acids is 1. The van der Waals surface area contributed by atoms with Crippen LogP contribution in [-0.2, 0) is 14.4 Å². The summed E-state index contributed by atoms with van der Waals surface area (Å²) in [6, 6.07) is 7.42. The first-order valence-corrected chi connectivity index (χ1v) is 6.76. The summed E-state index contributed by atoms with van der Waals surface area (Å²) in [7, 11) is 1.59. The number of hydrogen-bond donors (Lipinski definition) is 0. The van der Waals surface area contributed by atoms with Crippen molar-refractivity contribution in [1.29, 1.82) is 0 Å². The molecule has 0 amide bonds. The highest BCUT2D eigenvalue weighted by molar-refractivity contribution is 6.29. The van der Waals surface area contributed by atoms with Crippen LogP contribution in [0.2, 0.25) is 0 Å². The molecule has 110 valence electrons. The molecule has 6 heteroatoms. The predicted molar refractivity (Wildman–Crippen MR) is 76.1 cm³/mol. The second-order valence-corrected chi connectivity index (χ2v) is 4.71. The molecule has 0 radical (unpaired) electrons. The number of para-hydroxylation sites is 1. The average Bonchev–Trinajstić information content (AvgIpc) is 2.89. The fourth-order valence-corrected chi connectivity index (χ4v) is 2.32. The maximum Gasteiger partial charge on any atom is 0.369 e. The molecule has 0 unspecified atom stereocenters. The summed E-state index contributed by atoms with van der Waals surface area (Å²) in [5.74, 6) is 0.213. The van der Waals surface area contributed by atoms with Crippen molar-refractivity contribution in [2.45, 2.75) is 0 Å². The van der Waals surface area contributed by atoms with Crippen molar-refractivity contribution in [3.05, 3.63) is 41.6 Å². The van der Waals surface area contributed by atoms with Crippen LogP contribution >= 0.6 is 0 Å². The Bertz CT molecular complexity index is 603. The van der Waals surface area contributed by atoms with E-state index >= 15 is 0 Å². The molecule has 0 saturated carbocycles. The molecule has 1 saturated heterocycles. The van der Waals surface area contributed by atoms with E-state index in [4.69, 9.17) is 14.3 Å². The monoisotopic (exact) mass is 288 g/mol. The van der Waals surface area contributed by atoms with Crippen molar-refractivity contribution in [2.75, 3.05) is 33.4 Å². The van der Waals surface area contributed by atoms with Crippen molar-refractivity contribution in [2.24, 2.45) is 5.16 Å². The Morgan fingerprint density at radius 3 is 2.81 bits per heavy atom. The van der Waals surface area contributed by atoms with Crippen molar-refractivity contribution in [3.63, 3.8) is 0 Å². The highest BCUT2D eigenvalue weighted by atomic mass is 16.7. The van der Waals surface area contributed by atoms with E-state index in [1.54, 1.807) is 13.3 Å². The van der Waals surface area contributed by atoms with Gasteiger partial charge in [-0.15, -0.1) is 0 Å². The number of hydrogen-bond acceptors (Lipinski definition) is 6. The van der Waals surface area contributed by atoms with E-state index in [-0.39, 0.29) is 0 Å². The molecule has 6 nitrogen and oxygen atoms in total. The second-order valence-electron chi connectivity index (χ2n) is 4.71. The van der Waals surface area contributed by atoms with Crippen LogP contribution in [0.3, 0.4) is 0 Å². The minimum atomic E-state index is -0.442. The molecule has 0 bridgehead atoms. The van der Waals surface area contributed by atoms with Crippen LogP contribution in [-0.4, -0.2) is 50.0 Å². The third kappa shape index (κ3) is 2.75. The van der Waals surface area contributed by atoms with Gasteiger partial charge in [-0.3, -0.25) is 0 Å². The zero-order valence-corrected chi connectivity index (χ0v) is 11.7. The predicted octanol–water partition coefficient (Wildman–Crippen LogP) is 1.17. The van der Waals surface area contributed by atoms with Gasteiger partial charge in [-0.05, 0) is 12.1 Å². The van der Waals surface area contributed by atoms with Crippen LogP contribution in [0.25, 0.3) is 0 Å². The van der Waals surface area contributed by atoms with Gasteiger partial charge in [0.2, 0.25) is 0 Å². The summed E-state index contributed by atoms with van der Waals surface area (Å²) >= 11 is 0. The zero-order chi connectivity index (χ0) is 14.7. The first-order valence-electron chi connectivity index (χ1n) is 6.76. The lowest BCUT2D eigenvalue weighted by Gasteiger charge is -2.25. The van der Waals surface area contributed by atoms with Gasteiger partial charge in [0.15, 0.2) is 0 Å². The molecule has 21 heavy (non-hydrogen) atoms. The van der Waals surface area contributed by atoms with E-state index in [0.717, 1.165) is 18.7 Å². The molecule has 1 aromatic carbocycles. The Labute approximate surface area is 122 Å². The van der Waals surface area contributed by atoms with E-state index in [0.29, 0.717) is 30.2 Å². The number of nitrogens with zero attached hydrogens (tertiary/aromatic N) is 2. The number of oxime groups is 1. The van der Waals surface area contributed by atoms with Gasteiger partial charge < -0.3 is 19.2 Å². The summed E-state index contributed by atoms with van der Waals surface area (Å²) in [6.07, 6.45) is 1.79. The van der Waals surface area contributed by atoms with Gasteiger partial charge >= 0.3 is 5.97 Å². The summed E-state index contributed by atoms with van der Waals surface area (Å²) in [5.41, 5.74) is 1.69. The van der Waals surface area contributed by atoms with Gasteiger partial charge in [0.25, 0.3) is 0 Å². The quantitative estimate of drug-likeness (QED) is 0.617. The van der Waals surface area contributed by atoms with Crippen LogP contribution in [0, 0.1) is 0 Å². The fourth-order valence-electron chi connectivity index (χ4n) is 2.32. The van der Waals surface area contributed by atoms with Crippen LogP contribution in [0.1, 0.15) is 5.56 Å². The lowest BCUT2D eigenvalue weighted by atomic mass is 10.0. The molecule has 0 atom stereocenters. The molecule has 2 aliphatic heterocycles. The third-order valence-electron chi connectivity index (χ3n) is 3.41. The van der Waals surface area contributed by atoms with E-state index in [1.807, 2.05) is 29.2 Å². The number of ether oxygens (including phenoxy) is 2. The molecular weight excluding hydrogens is 272 g/mol. The molecule has 1 fully saturated rings. The maximum absolute atomic E-state index is 11.9. The summed E-state index contributed by atoms with van der Waals surface area (Å²) in [5, 5.41) is 3.90. The minimum Gasteiger partial charge on any atom is -0.496 e. The highest BCUT2D eigenvalue weighted by Crippen LogP contribution is 2.25. The topological polar surface area (TPSA) is 60.4 Å². The maximum atomic E-state index is 11.9. The molecule has 3 rings (SSSR count). The molecule has 2 heterocycles. The zero-order valence-electron chi connectivity index (χ0n) is 11.7. The Kier molecular flexibility index (Phi) is 3.87. The van der Waals surface area contributed by atoms with Gasteiger partial charge in [-0.1, -0.05) is 17.3 Å². The van der Waals surface area contributed by atoms with E-state index in [2.05, 4.69) is 5.16 Å². The van der Waals surface area contributed by atoms with Crippen molar-refractivity contribution in [3.8, 4) is 5.75 Å². The number of rotatable bonds is 3. The van der Waals surface area contributed by atoms with Gasteiger partial charge in [0, 0.05) is 24.9 Å². The van der Waals surface area contributed by atoms with Gasteiger partial charge in [-0.2, -0.15) is 0 Å². The third-order valence-corrected chi connectivity index (χ3v) is 3.41. The molecule has 1 aromatic rings. The average molecular weight is 288 g/mol. The standard InChI is InChI=1S/C15H16N2O4/c1-19-13-5-3-2-4-11(13)14-12(15(18)21-16-14)10-17-6-8-20-9-7-17/h2-5,10H,6-9H2,1H3. The second kappa shape index (κ2) is 5.97. The fraction of sp³-hybridized carbons (Fsp3) is 0.333. The smallest absolute Gasteiger partial charge is 0.369 e. The highest BCUT2D eigenvalue weighted by Gasteiger charge is 2.29. The van der Waals surface area contributed by atoms with E-state index in [9.17, 15) is 4.79 Å². The number of methoxy groups -OCH3 is 1. The van der Waals surface area contributed by atoms with Gasteiger partial charge in [0.05, 0.1) is 20.3 Å². The number of carbonyl (C=O) groups is 1. The van der Waals surface area contributed by atoms with Crippen molar-refractivity contribution < 1.29 is 19.1 Å². The Hall–Kier alpha value is -2.34. The Morgan fingerprint density at radius 2 is 2.05 bits per heavy atom. The van der Waals surface area contributed by atoms with Crippen LogP contribution in [0.5, 0.6) is 5.75 Å². The number of morpholine rings is 1. The molecule has 0 spiro atoms. The largest absolute Gasteiger partial charge is 0.496 e. The summed E-state index contributed by atoms with van der Waals surface area (Å²) < 4.78 is 10.6. The van der Waals surface area contributed by atoms with Gasteiger partial charge in [0.1, 0.15) is 17.0 Å². The first kappa shape index (κ1) is 13.6. The van der Waals surface area contributed by atoms with Crippen LogP contribution in [0.4, 0.5) is 0 Å². The number of benzene rings is 1. The first-order chi connectivity index (χ1) is 10.3. The van der Waals surface area contributed by atoms with Crippen LogP contribution in [0.15, 0.2) is 41.2 Å². The van der Waals surface area contributed by atoms with Crippen LogP contribution < -0.4 is 4.74 Å². The normalized spacial score (nSPS) is 20.4. The summed E-state index contributed by atoms with van der Waals surface area (Å²) in [6.45, 7) is 2.80. The molecule has 0 aromatic heterocycles. The SMILES string of the molecule is COc1ccccc1C1=NOC(=O)C1=CN1CCOCC1. The molecular formula is C15H16N2O4. The summed E-state index contributed by atoms with van der Waals surface area (Å²) in [4.78, 5) is 18.8. The van der Waals surface area contributed by atoms with Crippen molar-refractivity contribution in [1.82, 2.24) is 4.90 Å². The lowest BCUT2D eigenvalue weighted by Crippen LogP contribution is -2.33. The van der Waals surface area contributed by atoms with E-state index in [1.165, 1.54) is 0 Å². The lowest BCUT2D eigenvalue weighted by molar-refractivity contribution is -0.137. The molecule has 0 aliphatic carbocycles. The minimum absolute atomic E-state index is 0.442. The molecule has 2 aliphatic rings. The molecule has 0 N–H and O–H groups in total.